The average molecular weight is 329 g/mol. The Kier molecular flexibility index (Phi) is 7.94. The van der Waals surface area contributed by atoms with Gasteiger partial charge >= 0.3 is 0 Å². The highest BCUT2D eigenvalue weighted by molar-refractivity contribution is 8.01. The summed E-state index contributed by atoms with van der Waals surface area (Å²) in [4.78, 5) is 47.8. The molecule has 0 aliphatic carbocycles. The van der Waals surface area contributed by atoms with E-state index in [0.29, 0.717) is 13.0 Å². The lowest BCUT2D eigenvalue weighted by molar-refractivity contribution is -0.138. The lowest BCUT2D eigenvalue weighted by Crippen LogP contribution is -2.33. The number of nitrogens with one attached hydrogen (secondary N) is 2. The summed E-state index contributed by atoms with van der Waals surface area (Å²) in [5.41, 5.74) is 0. The van der Waals surface area contributed by atoms with Crippen molar-refractivity contribution in [3.8, 4) is 0 Å². The summed E-state index contributed by atoms with van der Waals surface area (Å²) in [5, 5.41) is 4.74. The lowest BCUT2D eigenvalue weighted by Gasteiger charge is -2.14. The number of hydrogen-bond donors (Lipinski definition) is 2. The van der Waals surface area contributed by atoms with E-state index in [2.05, 4.69) is 10.6 Å². The molecule has 1 saturated heterocycles. The third kappa shape index (κ3) is 5.67. The van der Waals surface area contributed by atoms with Gasteiger partial charge in [-0.25, -0.2) is 0 Å². The van der Waals surface area contributed by atoms with Crippen LogP contribution in [0.4, 0.5) is 0 Å². The first-order valence-corrected chi connectivity index (χ1v) is 8.47. The predicted octanol–water partition coefficient (Wildman–Crippen LogP) is -0.100. The van der Waals surface area contributed by atoms with Crippen LogP contribution in [-0.4, -0.2) is 59.7 Å². The molecule has 124 valence electrons. The maximum Gasteiger partial charge on any atom is 0.242 e. The summed E-state index contributed by atoms with van der Waals surface area (Å²) in [6.45, 7) is 2.83. The number of amides is 4. The normalized spacial score (nSPS) is 17.7. The van der Waals surface area contributed by atoms with Crippen molar-refractivity contribution in [2.24, 2.45) is 0 Å². The van der Waals surface area contributed by atoms with E-state index < -0.39 is 5.25 Å². The average Bonchev–Trinajstić information content (AvgIpc) is 2.77. The summed E-state index contributed by atoms with van der Waals surface area (Å²) >= 11 is 1.20. The van der Waals surface area contributed by atoms with Crippen LogP contribution in [0, 0.1) is 0 Å². The van der Waals surface area contributed by atoms with Gasteiger partial charge in [-0.15, -0.1) is 11.8 Å². The van der Waals surface area contributed by atoms with E-state index in [1.165, 1.54) is 16.7 Å². The van der Waals surface area contributed by atoms with Crippen molar-refractivity contribution in [2.45, 2.75) is 37.9 Å². The predicted molar refractivity (Wildman–Crippen MR) is 84.2 cm³/mol. The fraction of sp³-hybridized carbons (Fsp3) is 0.714. The largest absolute Gasteiger partial charge is 0.359 e. The first kappa shape index (κ1) is 18.5. The molecule has 8 heteroatoms. The smallest absolute Gasteiger partial charge is 0.242 e. The van der Waals surface area contributed by atoms with Gasteiger partial charge in [0, 0.05) is 33.0 Å². The van der Waals surface area contributed by atoms with Gasteiger partial charge in [-0.05, 0) is 12.8 Å². The van der Waals surface area contributed by atoms with Gasteiger partial charge < -0.3 is 10.6 Å². The number of likely N-dealkylation sites (tertiary alicyclic amines) is 1. The second-order valence-electron chi connectivity index (χ2n) is 5.01. The molecule has 0 aromatic heterocycles. The van der Waals surface area contributed by atoms with Gasteiger partial charge in [-0.3, -0.25) is 24.1 Å². The zero-order valence-electron chi connectivity index (χ0n) is 13.0. The molecule has 1 unspecified atom stereocenters. The summed E-state index contributed by atoms with van der Waals surface area (Å²) in [5.74, 6) is -0.540. The number of rotatable bonds is 9. The molecule has 1 aliphatic heterocycles. The summed E-state index contributed by atoms with van der Waals surface area (Å²) in [6, 6.07) is 0. The van der Waals surface area contributed by atoms with E-state index in [9.17, 15) is 19.2 Å². The third-order valence-electron chi connectivity index (χ3n) is 3.25. The molecule has 0 aromatic carbocycles. The summed E-state index contributed by atoms with van der Waals surface area (Å²) < 4.78 is 0. The van der Waals surface area contributed by atoms with Crippen LogP contribution in [-0.2, 0) is 19.2 Å². The summed E-state index contributed by atoms with van der Waals surface area (Å²) in [6.07, 6.45) is 1.72. The van der Waals surface area contributed by atoms with Crippen LogP contribution in [0.1, 0.15) is 32.6 Å². The Morgan fingerprint density at radius 3 is 2.68 bits per heavy atom. The van der Waals surface area contributed by atoms with Gasteiger partial charge in [-0.1, -0.05) is 6.92 Å². The minimum atomic E-state index is -0.486. The summed E-state index contributed by atoms with van der Waals surface area (Å²) in [7, 11) is 1.55. The molecule has 1 fully saturated rings. The van der Waals surface area contributed by atoms with Crippen molar-refractivity contribution in [2.75, 3.05) is 25.9 Å². The lowest BCUT2D eigenvalue weighted by atomic mass is 10.3. The number of thioether (sulfide) groups is 1. The third-order valence-corrected chi connectivity index (χ3v) is 4.45. The highest BCUT2D eigenvalue weighted by atomic mass is 32.2. The fourth-order valence-corrected chi connectivity index (χ4v) is 3.02. The van der Waals surface area contributed by atoms with Gasteiger partial charge in [0.2, 0.25) is 23.6 Å². The Morgan fingerprint density at radius 2 is 2.05 bits per heavy atom. The molecule has 4 amide bonds. The first-order chi connectivity index (χ1) is 10.5. The number of hydrogen-bond acceptors (Lipinski definition) is 5. The Labute approximate surface area is 134 Å². The quantitative estimate of drug-likeness (QED) is 0.576. The molecule has 2 N–H and O–H groups in total. The van der Waals surface area contributed by atoms with Crippen LogP contribution >= 0.6 is 11.8 Å². The highest BCUT2D eigenvalue weighted by Crippen LogP contribution is 2.25. The molecule has 1 atom stereocenters. The van der Waals surface area contributed by atoms with E-state index in [1.807, 2.05) is 6.92 Å². The van der Waals surface area contributed by atoms with E-state index in [4.69, 9.17) is 0 Å². The second-order valence-corrected chi connectivity index (χ2v) is 6.21. The van der Waals surface area contributed by atoms with Crippen LogP contribution in [0.2, 0.25) is 0 Å². The van der Waals surface area contributed by atoms with Crippen LogP contribution in [0.5, 0.6) is 0 Å². The molecular weight excluding hydrogens is 306 g/mol. The Bertz CT molecular complexity index is 442. The van der Waals surface area contributed by atoms with Gasteiger partial charge in [-0.2, -0.15) is 0 Å². The minimum absolute atomic E-state index is 0.113. The van der Waals surface area contributed by atoms with E-state index in [0.717, 1.165) is 6.42 Å². The van der Waals surface area contributed by atoms with Crippen LogP contribution in [0.3, 0.4) is 0 Å². The standard InChI is InChI=1S/C14H23N3O4S/c1-3-6-16-12(19)9-22-10-8-13(20)17(14(10)21)7-4-5-11(18)15-2/h10H,3-9H2,1-2H3,(H,15,18)(H,16,19). The highest BCUT2D eigenvalue weighted by Gasteiger charge is 2.38. The number of nitrogens with zero attached hydrogens (tertiary/aromatic N) is 1. The molecule has 7 nitrogen and oxygen atoms in total. The second kappa shape index (κ2) is 9.45. The first-order valence-electron chi connectivity index (χ1n) is 7.42. The van der Waals surface area contributed by atoms with Crippen molar-refractivity contribution in [3.63, 3.8) is 0 Å². The van der Waals surface area contributed by atoms with E-state index >= 15 is 0 Å². The van der Waals surface area contributed by atoms with E-state index in [-0.39, 0.29) is 48.8 Å². The molecule has 0 saturated carbocycles. The van der Waals surface area contributed by atoms with Crippen LogP contribution < -0.4 is 10.6 Å². The van der Waals surface area contributed by atoms with Gasteiger partial charge in [0.05, 0.1) is 11.0 Å². The van der Waals surface area contributed by atoms with Crippen LogP contribution in [0.15, 0.2) is 0 Å². The molecule has 0 aromatic rings. The maximum absolute atomic E-state index is 12.1. The number of imide groups is 1. The van der Waals surface area contributed by atoms with Gasteiger partial charge in [0.25, 0.3) is 0 Å². The molecule has 1 aliphatic rings. The topological polar surface area (TPSA) is 95.6 Å². The fourth-order valence-electron chi connectivity index (χ4n) is 2.03. The SMILES string of the molecule is CCCNC(=O)CSC1CC(=O)N(CCCC(=O)NC)C1=O. The minimum Gasteiger partial charge on any atom is -0.359 e. The monoisotopic (exact) mass is 329 g/mol. The van der Waals surface area contributed by atoms with Crippen molar-refractivity contribution in [1.29, 1.82) is 0 Å². The van der Waals surface area contributed by atoms with Crippen molar-refractivity contribution in [3.05, 3.63) is 0 Å². The maximum atomic E-state index is 12.1. The number of carbonyl (C=O) groups is 4. The molecule has 22 heavy (non-hydrogen) atoms. The van der Waals surface area contributed by atoms with Gasteiger partial charge in [0.15, 0.2) is 0 Å². The molecule has 1 rings (SSSR count). The zero-order chi connectivity index (χ0) is 16.5. The van der Waals surface area contributed by atoms with Gasteiger partial charge in [0.1, 0.15) is 0 Å². The molecule has 0 radical (unpaired) electrons. The Hall–Kier alpha value is -1.57. The van der Waals surface area contributed by atoms with E-state index in [1.54, 1.807) is 7.05 Å². The van der Waals surface area contributed by atoms with Crippen molar-refractivity contribution >= 4 is 35.4 Å². The molecule has 0 bridgehead atoms. The van der Waals surface area contributed by atoms with Crippen LogP contribution in [0.25, 0.3) is 0 Å². The van der Waals surface area contributed by atoms with Crippen molar-refractivity contribution in [1.82, 2.24) is 15.5 Å². The zero-order valence-corrected chi connectivity index (χ0v) is 13.8. The van der Waals surface area contributed by atoms with Crippen molar-refractivity contribution < 1.29 is 19.2 Å². The molecule has 0 spiro atoms. The molecule has 1 heterocycles. The Balaban J connectivity index is 2.37. The Morgan fingerprint density at radius 1 is 1.32 bits per heavy atom. The molecular formula is C14H23N3O4S. The number of carbonyl (C=O) groups excluding carboxylic acids is 4.